The number of ether oxygens (including phenoxy) is 1. The standard InChI is InChI=1S/C15H17BrN2O2S/c1-9(17)15(14-7-11(16)8-21-14)20-13-6-4-3-5-12(13)18-10(2)19/h3-9,15H,17H2,1-2H3,(H,18,19). The average molecular weight is 369 g/mol. The molecule has 0 aliphatic carbocycles. The van der Waals surface area contributed by atoms with Gasteiger partial charge in [0.25, 0.3) is 0 Å². The van der Waals surface area contributed by atoms with Crippen molar-refractivity contribution in [2.45, 2.75) is 26.0 Å². The lowest BCUT2D eigenvalue weighted by molar-refractivity contribution is -0.114. The Morgan fingerprint density at radius 2 is 2.14 bits per heavy atom. The second-order valence-electron chi connectivity index (χ2n) is 4.74. The summed E-state index contributed by atoms with van der Waals surface area (Å²) in [5, 5.41) is 4.76. The van der Waals surface area contributed by atoms with Crippen molar-refractivity contribution >= 4 is 38.9 Å². The van der Waals surface area contributed by atoms with Crippen LogP contribution in [0, 0.1) is 0 Å². The summed E-state index contributed by atoms with van der Waals surface area (Å²) in [4.78, 5) is 12.3. The predicted octanol–water partition coefficient (Wildman–Crippen LogP) is 3.94. The first kappa shape index (κ1) is 16.0. The number of hydrogen-bond acceptors (Lipinski definition) is 4. The van der Waals surface area contributed by atoms with Gasteiger partial charge in [0.1, 0.15) is 11.9 Å². The Kier molecular flexibility index (Phi) is 5.39. The predicted molar refractivity (Wildman–Crippen MR) is 89.8 cm³/mol. The molecule has 21 heavy (non-hydrogen) atoms. The maximum Gasteiger partial charge on any atom is 0.221 e. The van der Waals surface area contributed by atoms with Crippen molar-refractivity contribution in [2.24, 2.45) is 5.73 Å². The van der Waals surface area contributed by atoms with Crippen LogP contribution < -0.4 is 15.8 Å². The molecule has 1 amide bonds. The normalized spacial score (nSPS) is 13.5. The molecule has 0 aliphatic heterocycles. The van der Waals surface area contributed by atoms with E-state index in [1.54, 1.807) is 17.4 Å². The quantitative estimate of drug-likeness (QED) is 0.839. The van der Waals surface area contributed by atoms with Crippen LogP contribution in [0.15, 0.2) is 40.2 Å². The van der Waals surface area contributed by atoms with Crippen LogP contribution in [0.5, 0.6) is 5.75 Å². The highest BCUT2D eigenvalue weighted by Crippen LogP contribution is 2.34. The number of hydrogen-bond donors (Lipinski definition) is 2. The number of nitrogens with two attached hydrogens (primary N) is 1. The molecule has 0 aliphatic rings. The molecule has 2 atom stereocenters. The van der Waals surface area contributed by atoms with E-state index in [-0.39, 0.29) is 18.1 Å². The average Bonchev–Trinajstić information content (AvgIpc) is 2.83. The van der Waals surface area contributed by atoms with E-state index in [1.807, 2.05) is 36.6 Å². The van der Waals surface area contributed by atoms with Crippen LogP contribution in [0.3, 0.4) is 0 Å². The molecule has 0 spiro atoms. The summed E-state index contributed by atoms with van der Waals surface area (Å²) in [6.45, 7) is 3.37. The summed E-state index contributed by atoms with van der Waals surface area (Å²) < 4.78 is 7.06. The van der Waals surface area contributed by atoms with Gasteiger partial charge in [0.05, 0.1) is 5.69 Å². The first-order valence-corrected chi connectivity index (χ1v) is 8.17. The van der Waals surface area contributed by atoms with Gasteiger partial charge in [-0.2, -0.15) is 0 Å². The van der Waals surface area contributed by atoms with Crippen LogP contribution in [0.1, 0.15) is 24.8 Å². The molecule has 4 nitrogen and oxygen atoms in total. The van der Waals surface area contributed by atoms with Gasteiger partial charge in [-0.1, -0.05) is 12.1 Å². The van der Waals surface area contributed by atoms with E-state index in [0.29, 0.717) is 11.4 Å². The Bertz CT molecular complexity index is 628. The summed E-state index contributed by atoms with van der Waals surface area (Å²) in [5.74, 6) is 0.474. The number of para-hydroxylation sites is 2. The fraction of sp³-hybridized carbons (Fsp3) is 0.267. The number of benzene rings is 1. The SMILES string of the molecule is CC(=O)Nc1ccccc1OC(c1cc(Br)cs1)C(C)N. The highest BCUT2D eigenvalue weighted by Gasteiger charge is 2.21. The number of anilines is 1. The molecule has 0 bridgehead atoms. The lowest BCUT2D eigenvalue weighted by Gasteiger charge is -2.23. The summed E-state index contributed by atoms with van der Waals surface area (Å²) >= 11 is 5.03. The highest BCUT2D eigenvalue weighted by molar-refractivity contribution is 9.10. The molecular weight excluding hydrogens is 352 g/mol. The molecule has 3 N–H and O–H groups in total. The first-order chi connectivity index (χ1) is 9.97. The van der Waals surface area contributed by atoms with Gasteiger partial charge in [0.2, 0.25) is 5.91 Å². The van der Waals surface area contributed by atoms with Gasteiger partial charge < -0.3 is 15.8 Å². The van der Waals surface area contributed by atoms with Gasteiger partial charge in [-0.3, -0.25) is 4.79 Å². The molecule has 1 aromatic carbocycles. The molecule has 2 rings (SSSR count). The van der Waals surface area contributed by atoms with Crippen LogP contribution in [0.25, 0.3) is 0 Å². The van der Waals surface area contributed by atoms with E-state index < -0.39 is 0 Å². The third kappa shape index (κ3) is 4.30. The molecule has 112 valence electrons. The summed E-state index contributed by atoms with van der Waals surface area (Å²) in [7, 11) is 0. The number of thiophene rings is 1. The Balaban J connectivity index is 2.27. The van der Waals surface area contributed by atoms with Crippen LogP contribution in [-0.2, 0) is 4.79 Å². The lowest BCUT2D eigenvalue weighted by atomic mass is 10.1. The molecule has 0 fully saturated rings. The zero-order chi connectivity index (χ0) is 15.4. The molecule has 1 aromatic heterocycles. The smallest absolute Gasteiger partial charge is 0.221 e. The molecule has 2 unspecified atom stereocenters. The van der Waals surface area contributed by atoms with Crippen molar-refractivity contribution in [1.82, 2.24) is 0 Å². The third-order valence-corrected chi connectivity index (χ3v) is 4.55. The van der Waals surface area contributed by atoms with Crippen LogP contribution in [0.4, 0.5) is 5.69 Å². The van der Waals surface area contributed by atoms with Crippen molar-refractivity contribution in [3.63, 3.8) is 0 Å². The second kappa shape index (κ2) is 7.06. The Labute approximate surface area is 136 Å². The van der Waals surface area contributed by atoms with Crippen LogP contribution in [-0.4, -0.2) is 11.9 Å². The minimum Gasteiger partial charge on any atom is -0.481 e. The van der Waals surface area contributed by atoms with Gasteiger partial charge in [-0.15, -0.1) is 11.3 Å². The number of carbonyl (C=O) groups excluding carboxylic acids is 1. The fourth-order valence-electron chi connectivity index (χ4n) is 1.90. The van der Waals surface area contributed by atoms with Crippen LogP contribution >= 0.6 is 27.3 Å². The third-order valence-electron chi connectivity index (χ3n) is 2.80. The molecular formula is C15H17BrN2O2S. The van der Waals surface area contributed by atoms with E-state index in [0.717, 1.165) is 9.35 Å². The molecule has 1 heterocycles. The molecule has 0 radical (unpaired) electrons. The van der Waals surface area contributed by atoms with Crippen molar-refractivity contribution in [3.8, 4) is 5.75 Å². The number of nitrogens with one attached hydrogen (secondary N) is 1. The van der Waals surface area contributed by atoms with Gasteiger partial charge >= 0.3 is 0 Å². The van der Waals surface area contributed by atoms with Crippen molar-refractivity contribution in [1.29, 1.82) is 0 Å². The number of amides is 1. The summed E-state index contributed by atoms with van der Waals surface area (Å²) in [6.07, 6.45) is -0.267. The molecule has 0 saturated heterocycles. The van der Waals surface area contributed by atoms with E-state index in [1.165, 1.54) is 6.92 Å². The molecule has 2 aromatic rings. The monoisotopic (exact) mass is 368 g/mol. The second-order valence-corrected chi connectivity index (χ2v) is 6.60. The topological polar surface area (TPSA) is 64.3 Å². The summed E-state index contributed by atoms with van der Waals surface area (Å²) in [6, 6.07) is 9.16. The van der Waals surface area contributed by atoms with Gasteiger partial charge in [-0.25, -0.2) is 0 Å². The Morgan fingerprint density at radius 1 is 1.43 bits per heavy atom. The maximum absolute atomic E-state index is 11.3. The first-order valence-electron chi connectivity index (χ1n) is 6.50. The number of halogens is 1. The number of carbonyl (C=O) groups is 1. The largest absolute Gasteiger partial charge is 0.481 e. The highest BCUT2D eigenvalue weighted by atomic mass is 79.9. The zero-order valence-electron chi connectivity index (χ0n) is 11.8. The van der Waals surface area contributed by atoms with Crippen molar-refractivity contribution in [2.75, 3.05) is 5.32 Å². The maximum atomic E-state index is 11.3. The van der Waals surface area contributed by atoms with Gasteiger partial charge in [-0.05, 0) is 41.1 Å². The Hall–Kier alpha value is -1.37. The molecule has 6 heteroatoms. The Morgan fingerprint density at radius 3 is 2.71 bits per heavy atom. The van der Waals surface area contributed by atoms with E-state index in [2.05, 4.69) is 21.2 Å². The van der Waals surface area contributed by atoms with E-state index in [4.69, 9.17) is 10.5 Å². The van der Waals surface area contributed by atoms with Gasteiger partial charge in [0.15, 0.2) is 0 Å². The minimum absolute atomic E-state index is 0.137. The van der Waals surface area contributed by atoms with Crippen LogP contribution in [0.2, 0.25) is 0 Å². The van der Waals surface area contributed by atoms with E-state index in [9.17, 15) is 4.79 Å². The zero-order valence-corrected chi connectivity index (χ0v) is 14.2. The van der Waals surface area contributed by atoms with Crippen molar-refractivity contribution < 1.29 is 9.53 Å². The summed E-state index contributed by atoms with van der Waals surface area (Å²) in [5.41, 5.74) is 6.70. The fourth-order valence-corrected chi connectivity index (χ4v) is 3.49. The van der Waals surface area contributed by atoms with Crippen molar-refractivity contribution in [3.05, 3.63) is 45.1 Å². The number of rotatable bonds is 5. The molecule has 0 saturated carbocycles. The van der Waals surface area contributed by atoms with E-state index >= 15 is 0 Å². The minimum atomic E-state index is -0.267. The lowest BCUT2D eigenvalue weighted by Crippen LogP contribution is -2.28. The van der Waals surface area contributed by atoms with Gasteiger partial charge in [0, 0.05) is 27.7 Å².